The van der Waals surface area contributed by atoms with Gasteiger partial charge in [0, 0.05) is 56.2 Å². The van der Waals surface area contributed by atoms with Crippen molar-refractivity contribution in [2.24, 2.45) is 11.8 Å². The Kier molecular flexibility index (Phi) is 6.92. The van der Waals surface area contributed by atoms with E-state index >= 15 is 0 Å². The van der Waals surface area contributed by atoms with Crippen molar-refractivity contribution < 1.29 is 18.7 Å². The van der Waals surface area contributed by atoms with E-state index in [0.717, 1.165) is 56.4 Å². The molecule has 2 aliphatic heterocycles. The van der Waals surface area contributed by atoms with Crippen molar-refractivity contribution in [2.75, 3.05) is 38.2 Å². The molecule has 1 N–H and O–H groups in total. The standard InChI is InChI=1S/C24H34FN3O3/c1-16-12-27(7-8-28(16)24(30)19-5-3-4-6-19)13-20-10-21(25)11-22(17(20)2)26-23(29)9-18-14-31-15-18/h10-11,16,18-19H,3-9,12-15H2,1-2H3,(H,26,29). The van der Waals surface area contributed by atoms with E-state index in [1.165, 1.54) is 6.07 Å². The van der Waals surface area contributed by atoms with E-state index in [4.69, 9.17) is 4.74 Å². The van der Waals surface area contributed by atoms with Crippen LogP contribution in [-0.4, -0.2) is 60.5 Å². The first-order valence-electron chi connectivity index (χ1n) is 11.6. The molecule has 3 fully saturated rings. The molecule has 1 unspecified atom stereocenters. The Morgan fingerprint density at radius 1 is 1.19 bits per heavy atom. The van der Waals surface area contributed by atoms with Crippen LogP contribution in [-0.2, 0) is 20.9 Å². The molecule has 170 valence electrons. The van der Waals surface area contributed by atoms with E-state index in [2.05, 4.69) is 17.1 Å². The minimum Gasteiger partial charge on any atom is -0.381 e. The summed E-state index contributed by atoms with van der Waals surface area (Å²) in [6.07, 6.45) is 4.78. The summed E-state index contributed by atoms with van der Waals surface area (Å²) in [6.45, 7) is 8.16. The Morgan fingerprint density at radius 3 is 2.58 bits per heavy atom. The number of hydrogen-bond acceptors (Lipinski definition) is 4. The van der Waals surface area contributed by atoms with Gasteiger partial charge in [-0.15, -0.1) is 0 Å². The first-order valence-corrected chi connectivity index (χ1v) is 11.6. The van der Waals surface area contributed by atoms with E-state index in [0.29, 0.717) is 37.8 Å². The minimum absolute atomic E-state index is 0.0967. The smallest absolute Gasteiger partial charge is 0.226 e. The molecular formula is C24H34FN3O3. The van der Waals surface area contributed by atoms with Crippen LogP contribution in [0.4, 0.5) is 10.1 Å². The summed E-state index contributed by atoms with van der Waals surface area (Å²) in [5.41, 5.74) is 2.32. The maximum atomic E-state index is 14.3. The summed E-state index contributed by atoms with van der Waals surface area (Å²) in [6, 6.07) is 3.11. The highest BCUT2D eigenvalue weighted by atomic mass is 19.1. The summed E-state index contributed by atoms with van der Waals surface area (Å²) >= 11 is 0. The van der Waals surface area contributed by atoms with Crippen molar-refractivity contribution in [1.29, 1.82) is 0 Å². The van der Waals surface area contributed by atoms with Crippen LogP contribution in [0.25, 0.3) is 0 Å². The topological polar surface area (TPSA) is 61.9 Å². The quantitative estimate of drug-likeness (QED) is 0.751. The Balaban J connectivity index is 1.37. The molecule has 2 saturated heterocycles. The fourth-order valence-electron chi connectivity index (χ4n) is 5.05. The summed E-state index contributed by atoms with van der Waals surface area (Å²) in [4.78, 5) is 29.5. The summed E-state index contributed by atoms with van der Waals surface area (Å²) < 4.78 is 19.4. The van der Waals surface area contributed by atoms with E-state index < -0.39 is 0 Å². The highest BCUT2D eigenvalue weighted by Gasteiger charge is 2.33. The van der Waals surface area contributed by atoms with Crippen LogP contribution in [0.15, 0.2) is 12.1 Å². The van der Waals surface area contributed by atoms with Crippen molar-refractivity contribution >= 4 is 17.5 Å². The molecule has 6 nitrogen and oxygen atoms in total. The molecular weight excluding hydrogens is 397 g/mol. The van der Waals surface area contributed by atoms with Crippen LogP contribution in [0.3, 0.4) is 0 Å². The van der Waals surface area contributed by atoms with E-state index in [1.807, 2.05) is 11.8 Å². The lowest BCUT2D eigenvalue weighted by molar-refractivity contribution is -0.140. The highest BCUT2D eigenvalue weighted by Crippen LogP contribution is 2.29. The van der Waals surface area contributed by atoms with Crippen LogP contribution < -0.4 is 5.32 Å². The van der Waals surface area contributed by atoms with Crippen LogP contribution in [0.5, 0.6) is 0 Å². The molecule has 0 radical (unpaired) electrons. The molecule has 2 heterocycles. The van der Waals surface area contributed by atoms with Gasteiger partial charge in [0.2, 0.25) is 11.8 Å². The van der Waals surface area contributed by atoms with Gasteiger partial charge in [-0.3, -0.25) is 14.5 Å². The van der Waals surface area contributed by atoms with E-state index in [1.54, 1.807) is 6.07 Å². The van der Waals surface area contributed by atoms with Crippen LogP contribution in [0, 0.1) is 24.6 Å². The van der Waals surface area contributed by atoms with Gasteiger partial charge in [-0.25, -0.2) is 4.39 Å². The van der Waals surface area contributed by atoms with E-state index in [9.17, 15) is 14.0 Å². The Morgan fingerprint density at radius 2 is 1.94 bits per heavy atom. The van der Waals surface area contributed by atoms with Crippen molar-refractivity contribution in [2.45, 2.75) is 58.5 Å². The number of nitrogens with one attached hydrogen (secondary N) is 1. The zero-order chi connectivity index (χ0) is 22.0. The Bertz CT molecular complexity index is 821. The first-order chi connectivity index (χ1) is 14.9. The number of amides is 2. The van der Waals surface area contributed by atoms with Gasteiger partial charge in [0.1, 0.15) is 5.82 Å². The molecule has 31 heavy (non-hydrogen) atoms. The summed E-state index contributed by atoms with van der Waals surface area (Å²) in [5.74, 6) is 0.343. The van der Waals surface area contributed by atoms with Gasteiger partial charge in [0.05, 0.1) is 13.2 Å². The predicted molar refractivity (Wildman–Crippen MR) is 117 cm³/mol. The second-order valence-electron chi connectivity index (χ2n) is 9.49. The molecule has 0 spiro atoms. The van der Waals surface area contributed by atoms with Gasteiger partial charge in [-0.05, 0) is 49.9 Å². The third-order valence-corrected chi connectivity index (χ3v) is 7.03. The van der Waals surface area contributed by atoms with Gasteiger partial charge in [0.25, 0.3) is 0 Å². The number of hydrogen-bond donors (Lipinski definition) is 1. The number of anilines is 1. The number of halogens is 1. The van der Waals surface area contributed by atoms with Crippen LogP contribution in [0.2, 0.25) is 0 Å². The molecule has 3 aliphatic rings. The number of piperazine rings is 1. The van der Waals surface area contributed by atoms with Gasteiger partial charge in [0.15, 0.2) is 0 Å². The van der Waals surface area contributed by atoms with E-state index in [-0.39, 0.29) is 29.6 Å². The van der Waals surface area contributed by atoms with Gasteiger partial charge >= 0.3 is 0 Å². The summed E-state index contributed by atoms with van der Waals surface area (Å²) in [7, 11) is 0. The number of carbonyl (C=O) groups excluding carboxylic acids is 2. The molecule has 7 heteroatoms. The molecule has 2 amide bonds. The normalized spacial score (nSPS) is 23.1. The monoisotopic (exact) mass is 431 g/mol. The molecule has 0 aromatic heterocycles. The lowest BCUT2D eigenvalue weighted by atomic mass is 10.0. The largest absolute Gasteiger partial charge is 0.381 e. The summed E-state index contributed by atoms with van der Waals surface area (Å²) in [5, 5.41) is 2.88. The van der Waals surface area contributed by atoms with Gasteiger partial charge < -0.3 is 15.0 Å². The number of benzene rings is 1. The highest BCUT2D eigenvalue weighted by molar-refractivity contribution is 5.91. The Hall–Kier alpha value is -1.99. The zero-order valence-corrected chi connectivity index (χ0v) is 18.7. The molecule has 1 aromatic carbocycles. The SMILES string of the molecule is Cc1c(CN2CCN(C(=O)C3CCCC3)C(C)C2)cc(F)cc1NC(=O)CC1COC1. The Labute approximate surface area is 184 Å². The van der Waals surface area contributed by atoms with Crippen molar-refractivity contribution in [3.63, 3.8) is 0 Å². The maximum absolute atomic E-state index is 14.3. The van der Waals surface area contributed by atoms with Crippen molar-refractivity contribution in [3.8, 4) is 0 Å². The lowest BCUT2D eigenvalue weighted by Crippen LogP contribution is -2.54. The number of nitrogens with zero attached hydrogens (tertiary/aromatic N) is 2. The zero-order valence-electron chi connectivity index (χ0n) is 18.7. The first kappa shape index (κ1) is 22.2. The molecule has 1 atom stereocenters. The molecule has 4 rings (SSSR count). The number of ether oxygens (including phenoxy) is 1. The average Bonchev–Trinajstić information content (AvgIpc) is 3.23. The van der Waals surface area contributed by atoms with Gasteiger partial charge in [-0.1, -0.05) is 12.8 Å². The fraction of sp³-hybridized carbons (Fsp3) is 0.667. The third kappa shape index (κ3) is 5.26. The number of rotatable bonds is 6. The second kappa shape index (κ2) is 9.65. The average molecular weight is 432 g/mol. The predicted octanol–water partition coefficient (Wildman–Crippen LogP) is 3.33. The van der Waals surface area contributed by atoms with Crippen molar-refractivity contribution in [3.05, 3.63) is 29.1 Å². The third-order valence-electron chi connectivity index (χ3n) is 7.03. The molecule has 1 aromatic rings. The molecule has 1 saturated carbocycles. The number of carbonyl (C=O) groups is 2. The van der Waals surface area contributed by atoms with Crippen molar-refractivity contribution in [1.82, 2.24) is 9.80 Å². The van der Waals surface area contributed by atoms with Crippen LogP contribution in [0.1, 0.15) is 50.2 Å². The maximum Gasteiger partial charge on any atom is 0.226 e. The second-order valence-corrected chi connectivity index (χ2v) is 9.49. The minimum atomic E-state index is -0.342. The van der Waals surface area contributed by atoms with Crippen LogP contribution >= 0.6 is 0 Å². The lowest BCUT2D eigenvalue weighted by Gasteiger charge is -2.41. The van der Waals surface area contributed by atoms with Gasteiger partial charge in [-0.2, -0.15) is 0 Å². The fourth-order valence-corrected chi connectivity index (χ4v) is 5.05. The molecule has 1 aliphatic carbocycles. The molecule has 0 bridgehead atoms.